The number of urea groups is 1. The van der Waals surface area contributed by atoms with Gasteiger partial charge in [-0.15, -0.1) is 0 Å². The second-order valence-electron chi connectivity index (χ2n) is 6.10. The summed E-state index contributed by atoms with van der Waals surface area (Å²) in [5, 5.41) is 4.59. The van der Waals surface area contributed by atoms with Gasteiger partial charge in [0.05, 0.1) is 16.2 Å². The number of amides is 3. The number of hydrogen-bond donors (Lipinski definition) is 2. The fourth-order valence-corrected chi connectivity index (χ4v) is 3.46. The zero-order valence-electron chi connectivity index (χ0n) is 16.0. The lowest BCUT2D eigenvalue weighted by molar-refractivity contribution is -0.127. The summed E-state index contributed by atoms with van der Waals surface area (Å²) in [6, 6.07) is 14.0. The van der Waals surface area contributed by atoms with E-state index in [9.17, 15) is 22.8 Å². The molecule has 0 saturated carbocycles. The van der Waals surface area contributed by atoms with Crippen LogP contribution < -0.4 is 10.6 Å². The lowest BCUT2D eigenvalue weighted by atomic mass is 10.2. The van der Waals surface area contributed by atoms with Crippen molar-refractivity contribution >= 4 is 27.7 Å². The smallest absolute Gasteiger partial charge is 0.340 e. The zero-order valence-corrected chi connectivity index (χ0v) is 16.9. The van der Waals surface area contributed by atoms with Gasteiger partial charge in [0.15, 0.2) is 15.9 Å². The van der Waals surface area contributed by atoms with Gasteiger partial charge in [0, 0.05) is 6.54 Å². The van der Waals surface area contributed by atoms with Crippen molar-refractivity contribution in [1.29, 1.82) is 0 Å². The van der Waals surface area contributed by atoms with Crippen molar-refractivity contribution in [1.82, 2.24) is 10.6 Å². The molecule has 0 aliphatic heterocycles. The number of ether oxygens (including phenoxy) is 1. The molecule has 3 amide bonds. The maximum atomic E-state index is 12.4. The van der Waals surface area contributed by atoms with Crippen LogP contribution in [0.1, 0.15) is 29.8 Å². The van der Waals surface area contributed by atoms with E-state index in [2.05, 4.69) is 10.6 Å². The van der Waals surface area contributed by atoms with Crippen molar-refractivity contribution in [3.05, 3.63) is 65.7 Å². The van der Waals surface area contributed by atoms with Crippen LogP contribution in [0, 0.1) is 0 Å². The van der Waals surface area contributed by atoms with Gasteiger partial charge in [0.2, 0.25) is 0 Å². The van der Waals surface area contributed by atoms with Crippen molar-refractivity contribution in [3.8, 4) is 0 Å². The van der Waals surface area contributed by atoms with E-state index in [1.54, 1.807) is 0 Å². The van der Waals surface area contributed by atoms with Gasteiger partial charge in [0.1, 0.15) is 0 Å². The minimum atomic E-state index is -3.65. The molecule has 0 aromatic heterocycles. The molecule has 0 radical (unpaired) electrons. The van der Waals surface area contributed by atoms with Gasteiger partial charge >= 0.3 is 12.0 Å². The van der Waals surface area contributed by atoms with E-state index < -0.39 is 33.8 Å². The zero-order chi connectivity index (χ0) is 21.4. The third-order valence-electron chi connectivity index (χ3n) is 4.01. The van der Waals surface area contributed by atoms with Crippen LogP contribution in [0.25, 0.3) is 0 Å². The minimum absolute atomic E-state index is 0.164. The molecule has 0 aliphatic rings. The SMILES string of the molecule is CCS(=O)(=O)c1ccccc1C(=O)O[C@@H](C)C(=O)NC(=O)NCc1ccccc1. The highest BCUT2D eigenvalue weighted by atomic mass is 32.2. The maximum absolute atomic E-state index is 12.4. The molecular formula is C20H22N2O6S. The summed E-state index contributed by atoms with van der Waals surface area (Å²) in [6.07, 6.45) is -1.30. The Morgan fingerprint density at radius 1 is 1.00 bits per heavy atom. The van der Waals surface area contributed by atoms with Crippen molar-refractivity contribution in [2.24, 2.45) is 0 Å². The first-order valence-corrected chi connectivity index (χ1v) is 10.5. The quantitative estimate of drug-likeness (QED) is 0.665. The minimum Gasteiger partial charge on any atom is -0.449 e. The van der Waals surface area contributed by atoms with Crippen LogP contribution in [0.5, 0.6) is 0 Å². The number of imide groups is 1. The molecule has 0 bridgehead atoms. The molecule has 2 N–H and O–H groups in total. The number of sulfone groups is 1. The van der Waals surface area contributed by atoms with Crippen LogP contribution in [-0.2, 0) is 25.9 Å². The first-order valence-electron chi connectivity index (χ1n) is 8.90. The molecule has 154 valence electrons. The summed E-state index contributed by atoms with van der Waals surface area (Å²) in [7, 11) is -3.65. The van der Waals surface area contributed by atoms with E-state index in [0.29, 0.717) is 0 Å². The van der Waals surface area contributed by atoms with Crippen LogP contribution in [0.3, 0.4) is 0 Å². The monoisotopic (exact) mass is 418 g/mol. The number of carbonyl (C=O) groups is 3. The Hall–Kier alpha value is -3.20. The number of rotatable bonds is 7. The van der Waals surface area contributed by atoms with E-state index in [1.165, 1.54) is 38.1 Å². The highest BCUT2D eigenvalue weighted by Gasteiger charge is 2.25. The number of esters is 1. The van der Waals surface area contributed by atoms with Crippen molar-refractivity contribution in [2.45, 2.75) is 31.4 Å². The van der Waals surface area contributed by atoms with Gasteiger partial charge in [-0.2, -0.15) is 0 Å². The molecule has 0 spiro atoms. The van der Waals surface area contributed by atoms with Gasteiger partial charge in [-0.05, 0) is 24.6 Å². The molecule has 29 heavy (non-hydrogen) atoms. The molecular weight excluding hydrogens is 396 g/mol. The lowest BCUT2D eigenvalue weighted by Crippen LogP contribution is -2.44. The van der Waals surface area contributed by atoms with Crippen LogP contribution in [0.2, 0.25) is 0 Å². The van der Waals surface area contributed by atoms with E-state index in [1.807, 2.05) is 30.3 Å². The van der Waals surface area contributed by atoms with Crippen LogP contribution in [0.15, 0.2) is 59.5 Å². The summed E-state index contributed by atoms with van der Waals surface area (Å²) in [4.78, 5) is 36.2. The lowest BCUT2D eigenvalue weighted by Gasteiger charge is -2.15. The van der Waals surface area contributed by atoms with E-state index >= 15 is 0 Å². The van der Waals surface area contributed by atoms with Gasteiger partial charge in [-0.25, -0.2) is 18.0 Å². The molecule has 2 rings (SSSR count). The van der Waals surface area contributed by atoms with Crippen LogP contribution in [-0.4, -0.2) is 38.2 Å². The molecule has 0 saturated heterocycles. The van der Waals surface area contributed by atoms with Gasteiger partial charge in [-0.3, -0.25) is 10.1 Å². The largest absolute Gasteiger partial charge is 0.449 e. The normalized spacial score (nSPS) is 11.9. The molecule has 2 aromatic rings. The third kappa shape index (κ3) is 6.15. The number of hydrogen-bond acceptors (Lipinski definition) is 6. The average Bonchev–Trinajstić information content (AvgIpc) is 2.72. The summed E-state index contributed by atoms with van der Waals surface area (Å²) in [6.45, 7) is 2.96. The standard InChI is InChI=1S/C20H22N2O6S/c1-3-29(26,27)17-12-8-7-11-16(17)19(24)28-14(2)18(23)22-20(25)21-13-15-9-5-4-6-10-15/h4-12,14H,3,13H2,1-2H3,(H2,21,22,23,25)/t14-/m0/s1. The average molecular weight is 418 g/mol. The van der Waals surface area contributed by atoms with Crippen molar-refractivity contribution < 1.29 is 27.5 Å². The number of benzene rings is 2. The molecule has 0 fully saturated rings. The number of carbonyl (C=O) groups excluding carboxylic acids is 3. The Labute approximate surface area is 169 Å². The predicted molar refractivity (Wildman–Crippen MR) is 106 cm³/mol. The fourth-order valence-electron chi connectivity index (χ4n) is 2.38. The Bertz CT molecular complexity index is 989. The summed E-state index contributed by atoms with van der Waals surface area (Å²) in [5.41, 5.74) is 0.686. The van der Waals surface area contributed by atoms with Crippen LogP contribution >= 0.6 is 0 Å². The third-order valence-corrected chi connectivity index (χ3v) is 5.79. The van der Waals surface area contributed by atoms with Crippen LogP contribution in [0.4, 0.5) is 4.79 Å². The molecule has 9 heteroatoms. The number of nitrogens with one attached hydrogen (secondary N) is 2. The van der Waals surface area contributed by atoms with Gasteiger partial charge < -0.3 is 10.1 Å². The summed E-state index contributed by atoms with van der Waals surface area (Å²) in [5.74, 6) is -1.99. The first kappa shape index (κ1) is 22.1. The topological polar surface area (TPSA) is 119 Å². The molecule has 0 heterocycles. The molecule has 1 atom stereocenters. The van der Waals surface area contributed by atoms with Gasteiger partial charge in [-0.1, -0.05) is 49.4 Å². The van der Waals surface area contributed by atoms with Crippen molar-refractivity contribution in [3.63, 3.8) is 0 Å². The Morgan fingerprint density at radius 2 is 1.62 bits per heavy atom. The Morgan fingerprint density at radius 3 is 2.28 bits per heavy atom. The van der Waals surface area contributed by atoms with E-state index in [0.717, 1.165) is 5.56 Å². The van der Waals surface area contributed by atoms with Crippen molar-refractivity contribution in [2.75, 3.05) is 5.75 Å². The summed E-state index contributed by atoms with van der Waals surface area (Å²) < 4.78 is 29.3. The highest BCUT2D eigenvalue weighted by Crippen LogP contribution is 2.18. The highest BCUT2D eigenvalue weighted by molar-refractivity contribution is 7.91. The predicted octanol–water partition coefficient (Wildman–Crippen LogP) is 2.05. The first-order chi connectivity index (χ1) is 13.7. The molecule has 8 nitrogen and oxygen atoms in total. The summed E-state index contributed by atoms with van der Waals surface area (Å²) >= 11 is 0. The molecule has 0 aliphatic carbocycles. The second-order valence-corrected chi connectivity index (χ2v) is 8.35. The maximum Gasteiger partial charge on any atom is 0.340 e. The Balaban J connectivity index is 1.96. The van der Waals surface area contributed by atoms with E-state index in [-0.39, 0.29) is 22.8 Å². The van der Waals surface area contributed by atoms with Gasteiger partial charge in [0.25, 0.3) is 5.91 Å². The second kappa shape index (κ2) is 9.83. The Kier molecular flexibility index (Phi) is 7.49. The molecule has 0 unspecified atom stereocenters. The fraction of sp³-hybridized carbons (Fsp3) is 0.250. The molecule has 2 aromatic carbocycles. The van der Waals surface area contributed by atoms with E-state index in [4.69, 9.17) is 4.74 Å².